The molecule has 1 saturated heterocycles. The molecule has 2 aromatic carbocycles. The number of aromatic nitrogens is 2. The zero-order chi connectivity index (χ0) is 17.9. The van der Waals surface area contributed by atoms with E-state index in [1.807, 2.05) is 18.2 Å². The largest absolute Gasteiger partial charge is 0.493 e. The van der Waals surface area contributed by atoms with Crippen molar-refractivity contribution in [1.29, 1.82) is 0 Å². The van der Waals surface area contributed by atoms with E-state index in [-0.39, 0.29) is 6.04 Å². The number of anilines is 1. The molecule has 0 saturated carbocycles. The maximum absolute atomic E-state index is 5.47. The fourth-order valence-electron chi connectivity index (χ4n) is 3.47. The van der Waals surface area contributed by atoms with E-state index >= 15 is 0 Å². The van der Waals surface area contributed by atoms with Gasteiger partial charge in [0.25, 0.3) is 0 Å². The molecule has 26 heavy (non-hydrogen) atoms. The molecule has 1 fully saturated rings. The monoisotopic (exact) mass is 350 g/mol. The molecule has 1 aromatic heterocycles. The number of hydrogen-bond acceptors (Lipinski definition) is 6. The zero-order valence-electron chi connectivity index (χ0n) is 15.0. The van der Waals surface area contributed by atoms with Crippen LogP contribution in [0, 0.1) is 0 Å². The number of piperazine rings is 1. The highest BCUT2D eigenvalue weighted by molar-refractivity contribution is 5.92. The van der Waals surface area contributed by atoms with Gasteiger partial charge in [0.05, 0.1) is 19.7 Å². The summed E-state index contributed by atoms with van der Waals surface area (Å²) in [5, 5.41) is 4.57. The number of methoxy groups -OCH3 is 2. The Balaban J connectivity index is 1.71. The predicted molar refractivity (Wildman–Crippen MR) is 102 cm³/mol. The third-order valence-corrected chi connectivity index (χ3v) is 4.80. The fraction of sp³-hybridized carbons (Fsp3) is 0.300. The van der Waals surface area contributed by atoms with Crippen LogP contribution in [0.1, 0.15) is 11.6 Å². The van der Waals surface area contributed by atoms with Crippen LogP contribution in [-0.4, -0.2) is 43.8 Å². The van der Waals surface area contributed by atoms with Gasteiger partial charge < -0.3 is 19.7 Å². The number of nitrogens with one attached hydrogen (secondary N) is 1. The first kappa shape index (κ1) is 16.6. The molecule has 0 spiro atoms. The highest BCUT2D eigenvalue weighted by Gasteiger charge is 2.23. The lowest BCUT2D eigenvalue weighted by Gasteiger charge is -2.35. The summed E-state index contributed by atoms with van der Waals surface area (Å²) in [4.78, 5) is 11.3. The molecule has 4 rings (SSSR count). The molecule has 1 aliphatic heterocycles. The van der Waals surface area contributed by atoms with Crippen LogP contribution < -0.4 is 19.7 Å². The number of nitrogens with zero attached hydrogens (tertiary/aromatic N) is 3. The van der Waals surface area contributed by atoms with Crippen molar-refractivity contribution < 1.29 is 9.47 Å². The van der Waals surface area contributed by atoms with Gasteiger partial charge in [-0.1, -0.05) is 30.3 Å². The van der Waals surface area contributed by atoms with Crippen LogP contribution in [0.3, 0.4) is 0 Å². The summed E-state index contributed by atoms with van der Waals surface area (Å²) < 4.78 is 10.9. The summed E-state index contributed by atoms with van der Waals surface area (Å²) in [7, 11) is 3.27. The van der Waals surface area contributed by atoms with Crippen LogP contribution in [0.5, 0.6) is 11.5 Å². The molecule has 6 nitrogen and oxygen atoms in total. The molecule has 1 N–H and O–H groups in total. The van der Waals surface area contributed by atoms with Gasteiger partial charge in [-0.2, -0.15) is 0 Å². The Morgan fingerprint density at radius 3 is 2.58 bits per heavy atom. The van der Waals surface area contributed by atoms with Crippen molar-refractivity contribution >= 4 is 16.7 Å². The number of ether oxygens (including phenoxy) is 2. The fourth-order valence-corrected chi connectivity index (χ4v) is 3.47. The molecule has 134 valence electrons. The molecule has 0 radical (unpaired) electrons. The first-order chi connectivity index (χ1) is 12.8. The second kappa shape index (κ2) is 7.17. The zero-order valence-corrected chi connectivity index (χ0v) is 15.0. The van der Waals surface area contributed by atoms with E-state index in [1.54, 1.807) is 20.5 Å². The lowest BCUT2D eigenvalue weighted by Crippen LogP contribution is -2.46. The van der Waals surface area contributed by atoms with Crippen molar-refractivity contribution in [2.24, 2.45) is 0 Å². The summed E-state index contributed by atoms with van der Waals surface area (Å²) >= 11 is 0. The van der Waals surface area contributed by atoms with Crippen LogP contribution in [0.15, 0.2) is 48.8 Å². The summed E-state index contributed by atoms with van der Waals surface area (Å²) in [6.07, 6.45) is 1.61. The summed E-state index contributed by atoms with van der Waals surface area (Å²) in [5.74, 6) is 2.29. The van der Waals surface area contributed by atoms with Crippen molar-refractivity contribution in [2.75, 3.05) is 38.8 Å². The third-order valence-electron chi connectivity index (χ3n) is 4.80. The van der Waals surface area contributed by atoms with E-state index in [1.165, 1.54) is 5.56 Å². The van der Waals surface area contributed by atoms with Gasteiger partial charge >= 0.3 is 0 Å². The molecule has 0 unspecified atom stereocenters. The van der Waals surface area contributed by atoms with Gasteiger partial charge in [0.15, 0.2) is 11.5 Å². The van der Waals surface area contributed by atoms with Crippen molar-refractivity contribution in [2.45, 2.75) is 6.04 Å². The minimum absolute atomic E-state index is 0.273. The molecule has 3 aromatic rings. The summed E-state index contributed by atoms with van der Waals surface area (Å²) in [5.41, 5.74) is 2.14. The SMILES string of the molecule is COc1cc2ncnc(N3CCN[C@H](c4ccccc4)C3)c2cc1OC. The van der Waals surface area contributed by atoms with Gasteiger partial charge in [0.1, 0.15) is 12.1 Å². The highest BCUT2D eigenvalue weighted by Crippen LogP contribution is 2.35. The van der Waals surface area contributed by atoms with Gasteiger partial charge in [0, 0.05) is 37.1 Å². The Bertz CT molecular complexity index is 901. The van der Waals surface area contributed by atoms with E-state index < -0.39 is 0 Å². The smallest absolute Gasteiger partial charge is 0.162 e. The first-order valence-corrected chi connectivity index (χ1v) is 8.70. The predicted octanol–water partition coefficient (Wildman–Crippen LogP) is 2.80. The first-order valence-electron chi connectivity index (χ1n) is 8.70. The average Bonchev–Trinajstić information content (AvgIpc) is 2.73. The van der Waals surface area contributed by atoms with Crippen LogP contribution in [0.4, 0.5) is 5.82 Å². The molecule has 1 aliphatic rings. The molecule has 1 atom stereocenters. The van der Waals surface area contributed by atoms with Gasteiger partial charge in [-0.25, -0.2) is 9.97 Å². The van der Waals surface area contributed by atoms with Crippen molar-refractivity contribution in [1.82, 2.24) is 15.3 Å². The summed E-state index contributed by atoms with van der Waals surface area (Å²) in [6, 6.07) is 14.6. The number of fused-ring (bicyclic) bond motifs is 1. The van der Waals surface area contributed by atoms with Crippen LogP contribution in [-0.2, 0) is 0 Å². The Kier molecular flexibility index (Phi) is 4.58. The Morgan fingerprint density at radius 2 is 1.81 bits per heavy atom. The van der Waals surface area contributed by atoms with E-state index in [2.05, 4.69) is 44.5 Å². The third kappa shape index (κ3) is 3.04. The van der Waals surface area contributed by atoms with Crippen LogP contribution in [0.2, 0.25) is 0 Å². The van der Waals surface area contributed by atoms with Gasteiger partial charge in [0.2, 0.25) is 0 Å². The second-order valence-corrected chi connectivity index (χ2v) is 6.29. The van der Waals surface area contributed by atoms with Gasteiger partial charge in [-0.05, 0) is 11.6 Å². The minimum atomic E-state index is 0.273. The van der Waals surface area contributed by atoms with Crippen molar-refractivity contribution in [3.63, 3.8) is 0 Å². The standard InChI is InChI=1S/C20H22N4O2/c1-25-18-10-15-16(11-19(18)26-2)22-13-23-20(15)24-9-8-21-17(12-24)14-6-4-3-5-7-14/h3-7,10-11,13,17,21H,8-9,12H2,1-2H3/t17-/m0/s1. The molecule has 0 aliphatic carbocycles. The molecule has 0 amide bonds. The highest BCUT2D eigenvalue weighted by atomic mass is 16.5. The molecule has 0 bridgehead atoms. The van der Waals surface area contributed by atoms with Crippen LogP contribution in [0.25, 0.3) is 10.9 Å². The second-order valence-electron chi connectivity index (χ2n) is 6.29. The van der Waals surface area contributed by atoms with Crippen LogP contribution >= 0.6 is 0 Å². The number of hydrogen-bond donors (Lipinski definition) is 1. The van der Waals surface area contributed by atoms with E-state index in [0.717, 1.165) is 36.4 Å². The quantitative estimate of drug-likeness (QED) is 0.781. The Morgan fingerprint density at radius 1 is 1.04 bits per heavy atom. The minimum Gasteiger partial charge on any atom is -0.493 e. The maximum atomic E-state index is 5.47. The molecular formula is C20H22N4O2. The van der Waals surface area contributed by atoms with Crippen molar-refractivity contribution in [3.05, 3.63) is 54.4 Å². The van der Waals surface area contributed by atoms with E-state index in [0.29, 0.717) is 11.5 Å². The van der Waals surface area contributed by atoms with Gasteiger partial charge in [-0.15, -0.1) is 0 Å². The van der Waals surface area contributed by atoms with Crippen molar-refractivity contribution in [3.8, 4) is 11.5 Å². The maximum Gasteiger partial charge on any atom is 0.162 e. The Labute approximate surface area is 152 Å². The molecular weight excluding hydrogens is 328 g/mol. The van der Waals surface area contributed by atoms with E-state index in [4.69, 9.17) is 9.47 Å². The molecule has 2 heterocycles. The number of rotatable bonds is 4. The van der Waals surface area contributed by atoms with Gasteiger partial charge in [-0.3, -0.25) is 0 Å². The molecule has 6 heteroatoms. The topological polar surface area (TPSA) is 59.5 Å². The number of benzene rings is 2. The Hall–Kier alpha value is -2.86. The normalized spacial score (nSPS) is 17.3. The average molecular weight is 350 g/mol. The lowest BCUT2D eigenvalue weighted by atomic mass is 10.0. The lowest BCUT2D eigenvalue weighted by molar-refractivity contribution is 0.355. The van der Waals surface area contributed by atoms with E-state index in [9.17, 15) is 0 Å². The summed E-state index contributed by atoms with van der Waals surface area (Å²) in [6.45, 7) is 2.65.